The summed E-state index contributed by atoms with van der Waals surface area (Å²) in [6.45, 7) is 2.03. The van der Waals surface area contributed by atoms with Gasteiger partial charge in [-0.05, 0) is 42.3 Å². The van der Waals surface area contributed by atoms with E-state index in [1.54, 1.807) is 11.8 Å². The van der Waals surface area contributed by atoms with Crippen LogP contribution in [0.4, 0.5) is 5.69 Å². The van der Waals surface area contributed by atoms with Gasteiger partial charge in [0, 0.05) is 5.69 Å². The number of thioether (sulfide) groups is 1. The van der Waals surface area contributed by atoms with Gasteiger partial charge in [-0.1, -0.05) is 18.2 Å². The molecule has 2 aromatic rings. The van der Waals surface area contributed by atoms with Crippen LogP contribution >= 0.6 is 11.8 Å². The highest BCUT2D eigenvalue weighted by Gasteiger charge is 2.29. The first-order valence-corrected chi connectivity index (χ1v) is 8.03. The standard InChI is InChI=1S/C14H17N5OS/c1-10(14-16-17-18-19(14)12-7-8-12)21-9-13(20)15-11-5-3-2-4-6-11/h2-6,10,12H,7-9H2,1H3,(H,15,20)/t10-/m0/s1. The van der Waals surface area contributed by atoms with E-state index in [4.69, 9.17) is 0 Å². The molecule has 21 heavy (non-hydrogen) atoms. The highest BCUT2D eigenvalue weighted by atomic mass is 32.2. The maximum Gasteiger partial charge on any atom is 0.234 e. The monoisotopic (exact) mass is 303 g/mol. The van der Waals surface area contributed by atoms with Crippen molar-refractivity contribution in [2.24, 2.45) is 0 Å². The van der Waals surface area contributed by atoms with Crippen LogP contribution in [-0.4, -0.2) is 31.9 Å². The van der Waals surface area contributed by atoms with Crippen molar-refractivity contribution < 1.29 is 4.79 Å². The number of carbonyl (C=O) groups is 1. The van der Waals surface area contributed by atoms with E-state index < -0.39 is 0 Å². The summed E-state index contributed by atoms with van der Waals surface area (Å²) in [6, 6.07) is 9.92. The molecule has 1 saturated carbocycles. The number of rotatable bonds is 6. The van der Waals surface area contributed by atoms with Crippen LogP contribution in [0.25, 0.3) is 0 Å². The Morgan fingerprint density at radius 2 is 2.19 bits per heavy atom. The zero-order valence-corrected chi connectivity index (χ0v) is 12.6. The van der Waals surface area contributed by atoms with Crippen molar-refractivity contribution in [3.63, 3.8) is 0 Å². The van der Waals surface area contributed by atoms with Gasteiger partial charge in [0.2, 0.25) is 5.91 Å². The zero-order valence-electron chi connectivity index (χ0n) is 11.8. The van der Waals surface area contributed by atoms with Gasteiger partial charge in [-0.2, -0.15) is 0 Å². The number of benzene rings is 1. The third-order valence-corrected chi connectivity index (χ3v) is 4.44. The lowest BCUT2D eigenvalue weighted by Crippen LogP contribution is -2.15. The summed E-state index contributed by atoms with van der Waals surface area (Å²) in [5.41, 5.74) is 0.818. The molecular formula is C14H17N5OS. The molecule has 0 spiro atoms. The average molecular weight is 303 g/mol. The molecule has 7 heteroatoms. The predicted molar refractivity (Wildman–Crippen MR) is 82.0 cm³/mol. The molecule has 3 rings (SSSR count). The van der Waals surface area contributed by atoms with Crippen LogP contribution in [0.5, 0.6) is 0 Å². The molecule has 0 unspecified atom stereocenters. The molecule has 1 N–H and O–H groups in total. The van der Waals surface area contributed by atoms with Gasteiger partial charge >= 0.3 is 0 Å². The van der Waals surface area contributed by atoms with Crippen molar-refractivity contribution in [2.45, 2.75) is 31.1 Å². The predicted octanol–water partition coefficient (Wildman–Crippen LogP) is 2.44. The van der Waals surface area contributed by atoms with Crippen LogP contribution in [-0.2, 0) is 4.79 Å². The van der Waals surface area contributed by atoms with Gasteiger partial charge in [-0.15, -0.1) is 16.9 Å². The topological polar surface area (TPSA) is 72.7 Å². The van der Waals surface area contributed by atoms with E-state index in [9.17, 15) is 4.79 Å². The normalized spacial score (nSPS) is 15.7. The number of para-hydroxylation sites is 1. The third kappa shape index (κ3) is 3.60. The SMILES string of the molecule is C[C@H](SCC(=O)Nc1ccccc1)c1nnnn1C1CC1. The Balaban J connectivity index is 1.52. The molecule has 1 fully saturated rings. The molecule has 1 aliphatic carbocycles. The van der Waals surface area contributed by atoms with E-state index in [1.807, 2.05) is 41.9 Å². The molecule has 0 aliphatic heterocycles. The quantitative estimate of drug-likeness (QED) is 0.887. The van der Waals surface area contributed by atoms with Gasteiger partial charge < -0.3 is 5.32 Å². The molecule has 1 aromatic carbocycles. The number of aromatic nitrogens is 4. The molecule has 0 radical (unpaired) electrons. The molecule has 6 nitrogen and oxygen atoms in total. The molecular weight excluding hydrogens is 286 g/mol. The van der Waals surface area contributed by atoms with Gasteiger partial charge in [0.1, 0.15) is 0 Å². The van der Waals surface area contributed by atoms with E-state index >= 15 is 0 Å². The van der Waals surface area contributed by atoms with Crippen molar-refractivity contribution in [3.05, 3.63) is 36.2 Å². The Kier molecular flexibility index (Phi) is 4.19. The lowest BCUT2D eigenvalue weighted by Gasteiger charge is -2.11. The van der Waals surface area contributed by atoms with Gasteiger partial charge in [0.25, 0.3) is 0 Å². The summed E-state index contributed by atoms with van der Waals surface area (Å²) < 4.78 is 1.90. The van der Waals surface area contributed by atoms with E-state index in [0.29, 0.717) is 11.8 Å². The van der Waals surface area contributed by atoms with E-state index in [1.165, 1.54) is 0 Å². The van der Waals surface area contributed by atoms with Gasteiger partial charge in [-0.25, -0.2) is 4.68 Å². The summed E-state index contributed by atoms with van der Waals surface area (Å²) in [6.07, 6.45) is 2.29. The second-order valence-corrected chi connectivity index (χ2v) is 6.41. The first kappa shape index (κ1) is 14.1. The number of hydrogen-bond donors (Lipinski definition) is 1. The highest BCUT2D eigenvalue weighted by molar-refractivity contribution is 8.00. The van der Waals surface area contributed by atoms with Crippen molar-refractivity contribution >= 4 is 23.4 Å². The Hall–Kier alpha value is -1.89. The number of tetrazole rings is 1. The largest absolute Gasteiger partial charge is 0.325 e. The summed E-state index contributed by atoms with van der Waals surface area (Å²) in [5.74, 6) is 1.23. The lowest BCUT2D eigenvalue weighted by molar-refractivity contribution is -0.113. The van der Waals surface area contributed by atoms with E-state index in [-0.39, 0.29) is 11.2 Å². The van der Waals surface area contributed by atoms with Crippen LogP contribution in [0.3, 0.4) is 0 Å². The van der Waals surface area contributed by atoms with Crippen molar-refractivity contribution in [1.82, 2.24) is 20.2 Å². The third-order valence-electron chi connectivity index (χ3n) is 3.30. The van der Waals surface area contributed by atoms with Crippen LogP contribution in [0.2, 0.25) is 0 Å². The summed E-state index contributed by atoms with van der Waals surface area (Å²) in [4.78, 5) is 11.9. The molecule has 1 heterocycles. The number of nitrogens with zero attached hydrogens (tertiary/aromatic N) is 4. The molecule has 1 atom stereocenters. The molecule has 1 amide bonds. The Morgan fingerprint density at radius 1 is 1.43 bits per heavy atom. The first-order chi connectivity index (χ1) is 10.2. The minimum atomic E-state index is -0.0107. The fraction of sp³-hybridized carbons (Fsp3) is 0.429. The van der Waals surface area contributed by atoms with Crippen LogP contribution in [0.15, 0.2) is 30.3 Å². The summed E-state index contributed by atoms with van der Waals surface area (Å²) >= 11 is 1.55. The maximum absolute atomic E-state index is 11.9. The smallest absolute Gasteiger partial charge is 0.234 e. The molecule has 1 aromatic heterocycles. The zero-order chi connectivity index (χ0) is 14.7. The molecule has 0 saturated heterocycles. The fourth-order valence-corrected chi connectivity index (χ4v) is 2.82. The van der Waals surface area contributed by atoms with E-state index in [0.717, 1.165) is 24.4 Å². The highest BCUT2D eigenvalue weighted by Crippen LogP contribution is 2.37. The summed E-state index contributed by atoms with van der Waals surface area (Å²) in [7, 11) is 0. The van der Waals surface area contributed by atoms with Crippen LogP contribution in [0, 0.1) is 0 Å². The molecule has 0 bridgehead atoms. The Labute approximate surface area is 127 Å². The summed E-state index contributed by atoms with van der Waals surface area (Å²) in [5, 5.41) is 14.8. The number of amides is 1. The van der Waals surface area contributed by atoms with E-state index in [2.05, 4.69) is 20.8 Å². The number of anilines is 1. The number of carbonyl (C=O) groups excluding carboxylic acids is 1. The molecule has 1 aliphatic rings. The first-order valence-electron chi connectivity index (χ1n) is 6.98. The van der Waals surface area contributed by atoms with Crippen LogP contribution in [0.1, 0.15) is 36.9 Å². The minimum Gasteiger partial charge on any atom is -0.325 e. The molecule has 110 valence electrons. The number of nitrogens with one attached hydrogen (secondary N) is 1. The van der Waals surface area contributed by atoms with Gasteiger partial charge in [0.15, 0.2) is 5.82 Å². The van der Waals surface area contributed by atoms with Crippen molar-refractivity contribution in [1.29, 1.82) is 0 Å². The maximum atomic E-state index is 11.9. The van der Waals surface area contributed by atoms with Crippen molar-refractivity contribution in [2.75, 3.05) is 11.1 Å². The minimum absolute atomic E-state index is 0.0107. The van der Waals surface area contributed by atoms with Crippen molar-refractivity contribution in [3.8, 4) is 0 Å². The lowest BCUT2D eigenvalue weighted by atomic mass is 10.3. The average Bonchev–Trinajstić information content (AvgIpc) is 3.23. The van der Waals surface area contributed by atoms with Gasteiger partial charge in [-0.3, -0.25) is 4.79 Å². The second-order valence-electron chi connectivity index (χ2n) is 5.08. The number of hydrogen-bond acceptors (Lipinski definition) is 5. The fourth-order valence-electron chi connectivity index (χ4n) is 2.04. The second kappa shape index (κ2) is 6.26. The Morgan fingerprint density at radius 3 is 2.90 bits per heavy atom. The van der Waals surface area contributed by atoms with Gasteiger partial charge in [0.05, 0.1) is 17.0 Å². The Bertz CT molecular complexity index is 611. The van der Waals surface area contributed by atoms with Crippen LogP contribution < -0.4 is 5.32 Å².